The summed E-state index contributed by atoms with van der Waals surface area (Å²) in [7, 11) is 0. The van der Waals surface area contributed by atoms with Crippen molar-refractivity contribution in [1.82, 2.24) is 25.9 Å². The molecule has 1 aromatic heterocycles. The summed E-state index contributed by atoms with van der Waals surface area (Å²) in [5, 5.41) is 25.6. The van der Waals surface area contributed by atoms with Gasteiger partial charge in [-0.05, 0) is 30.0 Å². The van der Waals surface area contributed by atoms with Crippen LogP contribution in [0.2, 0.25) is 0 Å². The van der Waals surface area contributed by atoms with Gasteiger partial charge in [0.2, 0.25) is 17.7 Å². The second-order valence-electron chi connectivity index (χ2n) is 8.16. The summed E-state index contributed by atoms with van der Waals surface area (Å²) in [5.74, 6) is -3.34. The molecule has 2 aromatic rings. The maximum absolute atomic E-state index is 13.1. The smallest absolute Gasteiger partial charge is 0.322 e. The molecule has 0 radical (unpaired) electrons. The number of nitrogens with two attached hydrogens (primary N) is 1. The van der Waals surface area contributed by atoms with Crippen molar-refractivity contribution in [3.05, 3.63) is 48.0 Å². The van der Waals surface area contributed by atoms with Crippen molar-refractivity contribution in [2.24, 2.45) is 11.7 Å². The van der Waals surface area contributed by atoms with Crippen LogP contribution in [0.15, 0.2) is 36.8 Å². The van der Waals surface area contributed by atoms with E-state index in [1.165, 1.54) is 24.7 Å². The number of carboxylic acid groups (broad SMARTS) is 1. The fourth-order valence-corrected chi connectivity index (χ4v) is 3.14. The summed E-state index contributed by atoms with van der Waals surface area (Å²) in [5.41, 5.74) is 7.33. The predicted molar refractivity (Wildman–Crippen MR) is 121 cm³/mol. The van der Waals surface area contributed by atoms with Crippen LogP contribution < -0.4 is 21.7 Å². The number of H-pyrrole nitrogens is 1. The van der Waals surface area contributed by atoms with E-state index in [0.29, 0.717) is 5.69 Å². The number of hydrogen-bond donors (Lipinski definition) is 7. The predicted octanol–water partition coefficient (Wildman–Crippen LogP) is -0.946. The van der Waals surface area contributed by atoms with Gasteiger partial charge in [-0.3, -0.25) is 19.2 Å². The average molecular weight is 475 g/mol. The Labute approximate surface area is 196 Å². The Bertz CT molecular complexity index is 976. The highest BCUT2D eigenvalue weighted by Crippen LogP contribution is 2.11. The summed E-state index contributed by atoms with van der Waals surface area (Å²) in [4.78, 5) is 55.7. The lowest BCUT2D eigenvalue weighted by atomic mass is 10.0. The third kappa shape index (κ3) is 8.20. The van der Waals surface area contributed by atoms with E-state index in [1.54, 1.807) is 26.0 Å². The fraction of sp³-hybridized carbons (Fsp3) is 0.409. The number of phenols is 1. The van der Waals surface area contributed by atoms with Crippen LogP contribution in [-0.2, 0) is 32.0 Å². The van der Waals surface area contributed by atoms with Crippen molar-refractivity contribution >= 4 is 23.7 Å². The molecule has 0 fully saturated rings. The summed E-state index contributed by atoms with van der Waals surface area (Å²) in [6, 6.07) is 3.18. The number of amides is 3. The summed E-state index contributed by atoms with van der Waals surface area (Å²) in [6.45, 7) is 2.81. The van der Waals surface area contributed by atoms with Crippen LogP contribution in [0, 0.1) is 5.92 Å². The van der Waals surface area contributed by atoms with Crippen molar-refractivity contribution < 1.29 is 29.4 Å². The van der Waals surface area contributed by atoms with Gasteiger partial charge >= 0.3 is 5.97 Å². The minimum absolute atomic E-state index is 0.0606. The molecule has 0 aliphatic rings. The molecule has 2 rings (SSSR count). The number of carbonyl (C=O) groups excluding carboxylic acids is 3. The van der Waals surface area contributed by atoms with Gasteiger partial charge in [-0.25, -0.2) is 4.98 Å². The van der Waals surface area contributed by atoms with Crippen LogP contribution in [0.25, 0.3) is 0 Å². The number of nitrogens with one attached hydrogen (secondary N) is 4. The standard InChI is InChI=1S/C22H30N6O6/c1-12(2)19(22(34)25-10-18(30)31)28-21(33)17(8-14-9-24-11-26-14)27-20(32)16(23)7-13-3-5-15(29)6-4-13/h3-6,9,11-12,16-17,19,29H,7-8,10,23H2,1-2H3,(H,24,26)(H,25,34)(H,27,32)(H,28,33)(H,30,31). The number of carbonyl (C=O) groups is 4. The Morgan fingerprint density at radius 1 is 1.03 bits per heavy atom. The Balaban J connectivity index is 2.11. The summed E-state index contributed by atoms with van der Waals surface area (Å²) < 4.78 is 0. The maximum atomic E-state index is 13.1. The van der Waals surface area contributed by atoms with Gasteiger partial charge in [-0.1, -0.05) is 26.0 Å². The van der Waals surface area contributed by atoms with Crippen molar-refractivity contribution in [2.45, 2.75) is 44.8 Å². The molecule has 8 N–H and O–H groups in total. The van der Waals surface area contributed by atoms with E-state index in [4.69, 9.17) is 10.8 Å². The average Bonchev–Trinajstić information content (AvgIpc) is 3.29. The quantitative estimate of drug-likeness (QED) is 0.204. The molecule has 3 atom stereocenters. The molecule has 0 bridgehead atoms. The molecule has 0 aliphatic heterocycles. The van der Waals surface area contributed by atoms with Crippen LogP contribution in [0.5, 0.6) is 5.75 Å². The molecular weight excluding hydrogens is 444 g/mol. The van der Waals surface area contributed by atoms with Gasteiger partial charge < -0.3 is 36.9 Å². The Morgan fingerprint density at radius 3 is 2.26 bits per heavy atom. The number of rotatable bonds is 12. The largest absolute Gasteiger partial charge is 0.508 e. The first kappa shape index (κ1) is 26.3. The molecule has 0 aliphatic carbocycles. The molecule has 0 saturated carbocycles. The van der Waals surface area contributed by atoms with Crippen LogP contribution in [-0.4, -0.2) is 68.5 Å². The Morgan fingerprint density at radius 2 is 1.71 bits per heavy atom. The molecule has 0 spiro atoms. The number of aromatic amines is 1. The SMILES string of the molecule is CC(C)C(NC(=O)C(Cc1cnc[nH]1)NC(=O)C(N)Cc1ccc(O)cc1)C(=O)NCC(=O)O. The summed E-state index contributed by atoms with van der Waals surface area (Å²) >= 11 is 0. The second-order valence-corrected chi connectivity index (χ2v) is 8.16. The lowest BCUT2D eigenvalue weighted by molar-refractivity contribution is -0.139. The molecule has 34 heavy (non-hydrogen) atoms. The van der Waals surface area contributed by atoms with Gasteiger partial charge in [0, 0.05) is 18.3 Å². The highest BCUT2D eigenvalue weighted by molar-refractivity contribution is 5.94. The van der Waals surface area contributed by atoms with Gasteiger partial charge in [-0.15, -0.1) is 0 Å². The van der Waals surface area contributed by atoms with Crippen molar-refractivity contribution in [1.29, 1.82) is 0 Å². The summed E-state index contributed by atoms with van der Waals surface area (Å²) in [6.07, 6.45) is 3.17. The first-order valence-corrected chi connectivity index (χ1v) is 10.7. The lowest BCUT2D eigenvalue weighted by Crippen LogP contribution is -2.58. The molecule has 12 heteroatoms. The van der Waals surface area contributed by atoms with Gasteiger partial charge in [0.1, 0.15) is 24.4 Å². The van der Waals surface area contributed by atoms with E-state index in [-0.39, 0.29) is 24.5 Å². The van der Waals surface area contributed by atoms with Gasteiger partial charge in [-0.2, -0.15) is 0 Å². The number of aromatic hydroxyl groups is 1. The first-order chi connectivity index (χ1) is 16.1. The van der Waals surface area contributed by atoms with Crippen molar-refractivity contribution in [3.63, 3.8) is 0 Å². The zero-order valence-electron chi connectivity index (χ0n) is 18.9. The Hall–Kier alpha value is -3.93. The van der Waals surface area contributed by atoms with E-state index < -0.39 is 48.4 Å². The topological polar surface area (TPSA) is 200 Å². The molecule has 3 amide bonds. The third-order valence-electron chi connectivity index (χ3n) is 5.00. The first-order valence-electron chi connectivity index (χ1n) is 10.7. The highest BCUT2D eigenvalue weighted by atomic mass is 16.4. The lowest BCUT2D eigenvalue weighted by Gasteiger charge is -2.25. The number of nitrogens with zero attached hydrogens (tertiary/aromatic N) is 1. The third-order valence-corrected chi connectivity index (χ3v) is 5.00. The van der Waals surface area contributed by atoms with E-state index in [1.807, 2.05) is 0 Å². The molecule has 184 valence electrons. The fourth-order valence-electron chi connectivity index (χ4n) is 3.14. The van der Waals surface area contributed by atoms with Crippen LogP contribution in [0.4, 0.5) is 0 Å². The van der Waals surface area contributed by atoms with Gasteiger partial charge in [0.15, 0.2) is 0 Å². The zero-order valence-corrected chi connectivity index (χ0v) is 18.9. The number of aliphatic carboxylic acids is 1. The van der Waals surface area contributed by atoms with Gasteiger partial charge in [0.25, 0.3) is 0 Å². The minimum atomic E-state index is -1.21. The monoisotopic (exact) mass is 474 g/mol. The van der Waals surface area contributed by atoms with Crippen LogP contribution >= 0.6 is 0 Å². The highest BCUT2D eigenvalue weighted by Gasteiger charge is 2.30. The van der Waals surface area contributed by atoms with E-state index in [2.05, 4.69) is 25.9 Å². The van der Waals surface area contributed by atoms with E-state index in [9.17, 15) is 24.3 Å². The molecular formula is C22H30N6O6. The van der Waals surface area contributed by atoms with E-state index >= 15 is 0 Å². The van der Waals surface area contributed by atoms with Crippen LogP contribution in [0.1, 0.15) is 25.1 Å². The molecule has 1 aromatic carbocycles. The van der Waals surface area contributed by atoms with Crippen molar-refractivity contribution in [3.8, 4) is 5.75 Å². The number of carboxylic acids is 1. The number of aromatic nitrogens is 2. The second kappa shape index (κ2) is 12.3. The molecule has 0 saturated heterocycles. The minimum Gasteiger partial charge on any atom is -0.508 e. The van der Waals surface area contributed by atoms with Crippen LogP contribution in [0.3, 0.4) is 0 Å². The number of benzene rings is 1. The number of hydrogen-bond acceptors (Lipinski definition) is 7. The van der Waals surface area contributed by atoms with Crippen molar-refractivity contribution in [2.75, 3.05) is 6.54 Å². The normalized spacial score (nSPS) is 13.5. The zero-order chi connectivity index (χ0) is 25.3. The van der Waals surface area contributed by atoms with E-state index in [0.717, 1.165) is 5.56 Å². The number of imidazole rings is 1. The van der Waals surface area contributed by atoms with Gasteiger partial charge in [0.05, 0.1) is 12.4 Å². The Kier molecular flexibility index (Phi) is 9.56. The molecule has 1 heterocycles. The molecule has 12 nitrogen and oxygen atoms in total. The molecule has 3 unspecified atom stereocenters. The number of phenolic OH excluding ortho intramolecular Hbond substituents is 1. The maximum Gasteiger partial charge on any atom is 0.322 e.